The first-order valence-electron chi connectivity index (χ1n) is 12.3. The second-order valence-corrected chi connectivity index (χ2v) is 9.80. The molecular formula is C31H26N4O2. The molecule has 6 rings (SSSR count). The molecule has 2 aliphatic rings. The minimum absolute atomic E-state index is 0.103. The number of rotatable bonds is 5. The molecule has 3 N–H and O–H groups in total. The van der Waals surface area contributed by atoms with E-state index >= 15 is 0 Å². The number of pyridine rings is 1. The average molecular weight is 487 g/mol. The van der Waals surface area contributed by atoms with Gasteiger partial charge in [-0.2, -0.15) is 5.26 Å². The molecule has 0 saturated heterocycles. The molecule has 2 aliphatic heterocycles. The van der Waals surface area contributed by atoms with Crippen molar-refractivity contribution in [1.82, 2.24) is 10.3 Å². The molecule has 0 spiro atoms. The van der Waals surface area contributed by atoms with Crippen molar-refractivity contribution in [2.24, 2.45) is 0 Å². The van der Waals surface area contributed by atoms with Crippen LogP contribution in [0.25, 0.3) is 0 Å². The molecular weight excluding hydrogens is 460 g/mol. The third-order valence-electron chi connectivity index (χ3n) is 7.37. The Balaban J connectivity index is 1.22. The summed E-state index contributed by atoms with van der Waals surface area (Å²) in [6, 6.07) is 24.1. The average Bonchev–Trinajstić information content (AvgIpc) is 3.45. The van der Waals surface area contributed by atoms with E-state index in [4.69, 9.17) is 10.5 Å². The van der Waals surface area contributed by atoms with E-state index < -0.39 is 0 Å². The first-order valence-corrected chi connectivity index (χ1v) is 12.3. The molecule has 1 amide bonds. The highest BCUT2D eigenvalue weighted by molar-refractivity contribution is 5.94. The van der Waals surface area contributed by atoms with E-state index in [0.717, 1.165) is 45.5 Å². The molecule has 2 unspecified atom stereocenters. The smallest absolute Gasteiger partial charge is 0.251 e. The summed E-state index contributed by atoms with van der Waals surface area (Å²) in [4.78, 5) is 17.4. The molecule has 4 aromatic rings. The third-order valence-corrected chi connectivity index (χ3v) is 7.37. The molecule has 1 aromatic heterocycles. The summed E-state index contributed by atoms with van der Waals surface area (Å²) in [6.45, 7) is 4.27. The zero-order valence-electron chi connectivity index (χ0n) is 20.7. The van der Waals surface area contributed by atoms with Crippen LogP contribution in [0.2, 0.25) is 0 Å². The van der Waals surface area contributed by atoms with Gasteiger partial charge in [0, 0.05) is 17.8 Å². The molecule has 37 heavy (non-hydrogen) atoms. The number of ether oxygens (including phenoxy) is 1. The van der Waals surface area contributed by atoms with Crippen molar-refractivity contribution in [2.75, 3.05) is 5.73 Å². The maximum atomic E-state index is 13.0. The molecule has 0 aliphatic carbocycles. The number of nitriles is 1. The molecule has 6 nitrogen and oxygen atoms in total. The molecule has 0 fully saturated rings. The van der Waals surface area contributed by atoms with Crippen LogP contribution in [0.3, 0.4) is 0 Å². The van der Waals surface area contributed by atoms with Crippen molar-refractivity contribution >= 4 is 11.7 Å². The Bertz CT molecular complexity index is 1600. The van der Waals surface area contributed by atoms with Crippen LogP contribution in [-0.2, 0) is 17.7 Å². The number of aromatic nitrogens is 1. The van der Waals surface area contributed by atoms with E-state index in [1.165, 1.54) is 11.1 Å². The highest BCUT2D eigenvalue weighted by Gasteiger charge is 2.42. The summed E-state index contributed by atoms with van der Waals surface area (Å²) in [7, 11) is 0. The zero-order valence-corrected chi connectivity index (χ0v) is 20.7. The van der Waals surface area contributed by atoms with Gasteiger partial charge in [-0.1, -0.05) is 36.4 Å². The number of carbonyl (C=O) groups is 1. The van der Waals surface area contributed by atoms with Crippen LogP contribution < -0.4 is 11.1 Å². The lowest BCUT2D eigenvalue weighted by atomic mass is 9.84. The molecule has 2 bridgehead atoms. The highest BCUT2D eigenvalue weighted by Crippen LogP contribution is 2.54. The maximum Gasteiger partial charge on any atom is 0.251 e. The molecule has 0 radical (unpaired) electrons. The Kier molecular flexibility index (Phi) is 5.51. The third kappa shape index (κ3) is 4.04. The van der Waals surface area contributed by atoms with Crippen LogP contribution in [-0.4, -0.2) is 10.9 Å². The Labute approximate surface area is 215 Å². The van der Waals surface area contributed by atoms with Crippen molar-refractivity contribution in [3.63, 3.8) is 0 Å². The summed E-state index contributed by atoms with van der Waals surface area (Å²) in [6.07, 6.45) is 0.460. The van der Waals surface area contributed by atoms with Gasteiger partial charge in [-0.05, 0) is 95.1 Å². The number of carbonyl (C=O) groups excluding carboxylic acids is 1. The summed E-state index contributed by atoms with van der Waals surface area (Å²) >= 11 is 0. The van der Waals surface area contributed by atoms with Crippen LogP contribution in [0, 0.1) is 25.2 Å². The Morgan fingerprint density at radius 3 is 2.49 bits per heavy atom. The SMILES string of the molecule is Cc1cc(N)nc(C)c1CNC(=O)c1ccc2c(c1)C1OC2c2ccc(Cc3cccc(C#N)c3)cc21. The standard InChI is InChI=1S/C31H26N4O2/c1-17-10-28(33)35-18(2)27(17)16-34-31(36)22-7-9-24-26(14-22)30-25-13-20(6-8-23(25)29(24)37-30)11-19-4-3-5-21(12-19)15-32/h3-10,12-14,29-30H,11,16H2,1-2H3,(H2,33,35)(H,34,36). The van der Waals surface area contributed by atoms with Crippen molar-refractivity contribution in [3.8, 4) is 6.07 Å². The van der Waals surface area contributed by atoms with Crippen LogP contribution in [0.15, 0.2) is 66.7 Å². The highest BCUT2D eigenvalue weighted by atomic mass is 16.5. The summed E-state index contributed by atoms with van der Waals surface area (Å²) in [5.74, 6) is 0.352. The largest absolute Gasteiger partial charge is 0.384 e. The minimum atomic E-state index is -0.182. The first-order chi connectivity index (χ1) is 17.9. The van der Waals surface area contributed by atoms with Gasteiger partial charge in [0.05, 0.1) is 11.6 Å². The van der Waals surface area contributed by atoms with Gasteiger partial charge in [-0.25, -0.2) is 4.98 Å². The van der Waals surface area contributed by atoms with Crippen molar-refractivity contribution in [2.45, 2.75) is 39.0 Å². The van der Waals surface area contributed by atoms with Crippen LogP contribution in [0.1, 0.15) is 78.3 Å². The summed E-state index contributed by atoms with van der Waals surface area (Å²) in [5, 5.41) is 12.2. The van der Waals surface area contributed by atoms with Gasteiger partial charge in [0.15, 0.2) is 0 Å². The topological polar surface area (TPSA) is 101 Å². The first kappa shape index (κ1) is 23.0. The van der Waals surface area contributed by atoms with Crippen molar-refractivity contribution < 1.29 is 9.53 Å². The number of nitrogens with two attached hydrogens (primary N) is 1. The predicted octanol–water partition coefficient (Wildman–Crippen LogP) is 5.20. The molecule has 3 heterocycles. The lowest BCUT2D eigenvalue weighted by Crippen LogP contribution is -2.24. The maximum absolute atomic E-state index is 13.0. The number of nitrogens with zero attached hydrogens (tertiary/aromatic N) is 2. The van der Waals surface area contributed by atoms with E-state index in [1.807, 2.05) is 62.4 Å². The van der Waals surface area contributed by atoms with E-state index in [2.05, 4.69) is 34.6 Å². The molecule has 0 saturated carbocycles. The van der Waals surface area contributed by atoms with Gasteiger partial charge in [-0.15, -0.1) is 0 Å². The number of hydrogen-bond acceptors (Lipinski definition) is 5. The van der Waals surface area contributed by atoms with Crippen LogP contribution >= 0.6 is 0 Å². The van der Waals surface area contributed by atoms with Gasteiger partial charge < -0.3 is 15.8 Å². The Morgan fingerprint density at radius 1 is 0.973 bits per heavy atom. The van der Waals surface area contributed by atoms with E-state index in [0.29, 0.717) is 23.5 Å². The molecule has 6 heteroatoms. The van der Waals surface area contributed by atoms with Crippen LogP contribution in [0.5, 0.6) is 0 Å². The number of nitrogen functional groups attached to an aromatic ring is 1. The predicted molar refractivity (Wildman–Crippen MR) is 141 cm³/mol. The lowest BCUT2D eigenvalue weighted by molar-refractivity contribution is 0.0857. The molecule has 3 aromatic carbocycles. The molecule has 2 atom stereocenters. The number of hydrogen-bond donors (Lipinski definition) is 2. The summed E-state index contributed by atoms with van der Waals surface area (Å²) < 4.78 is 6.37. The number of fused-ring (bicyclic) bond motifs is 8. The second-order valence-electron chi connectivity index (χ2n) is 9.80. The van der Waals surface area contributed by atoms with Gasteiger partial charge in [0.2, 0.25) is 0 Å². The quantitative estimate of drug-likeness (QED) is 0.404. The number of nitrogens with one attached hydrogen (secondary N) is 1. The number of amides is 1. The van der Waals surface area contributed by atoms with Crippen molar-refractivity contribution in [1.29, 1.82) is 5.26 Å². The molecule has 182 valence electrons. The monoisotopic (exact) mass is 486 g/mol. The Hall–Kier alpha value is -4.47. The van der Waals surface area contributed by atoms with Gasteiger partial charge >= 0.3 is 0 Å². The van der Waals surface area contributed by atoms with E-state index in [1.54, 1.807) is 0 Å². The van der Waals surface area contributed by atoms with Crippen LogP contribution in [0.4, 0.5) is 5.82 Å². The normalized spacial score (nSPS) is 16.7. The van der Waals surface area contributed by atoms with Gasteiger partial charge in [-0.3, -0.25) is 4.79 Å². The fraction of sp³-hybridized carbons (Fsp3) is 0.194. The minimum Gasteiger partial charge on any atom is -0.384 e. The Morgan fingerprint density at radius 2 is 1.70 bits per heavy atom. The van der Waals surface area contributed by atoms with Crippen molar-refractivity contribution in [3.05, 3.63) is 128 Å². The number of aryl methyl sites for hydroxylation is 2. The van der Waals surface area contributed by atoms with Gasteiger partial charge in [0.1, 0.15) is 18.0 Å². The van der Waals surface area contributed by atoms with E-state index in [9.17, 15) is 10.1 Å². The van der Waals surface area contributed by atoms with E-state index in [-0.39, 0.29) is 18.1 Å². The number of benzene rings is 3. The van der Waals surface area contributed by atoms with Gasteiger partial charge in [0.25, 0.3) is 5.91 Å². The lowest BCUT2D eigenvalue weighted by Gasteiger charge is -2.18. The fourth-order valence-corrected chi connectivity index (χ4v) is 5.56. The second kappa shape index (κ2) is 8.88. The number of anilines is 1. The summed E-state index contributed by atoms with van der Waals surface area (Å²) in [5.41, 5.74) is 16.7. The zero-order chi connectivity index (χ0) is 25.7. The fourth-order valence-electron chi connectivity index (χ4n) is 5.56.